The van der Waals surface area contributed by atoms with Gasteiger partial charge in [0, 0.05) is 0 Å². The summed E-state index contributed by atoms with van der Waals surface area (Å²) in [7, 11) is 2.21. The molecule has 0 spiro atoms. The summed E-state index contributed by atoms with van der Waals surface area (Å²) in [5.41, 5.74) is 0. The van der Waals surface area contributed by atoms with Crippen LogP contribution in [0.15, 0.2) is 0 Å². The molecular formula is C4H11BFK. The molecule has 0 heterocycles. The van der Waals surface area contributed by atoms with Gasteiger partial charge in [0.2, 0.25) is 0 Å². The Morgan fingerprint density at radius 2 is 1.86 bits per heavy atom. The summed E-state index contributed by atoms with van der Waals surface area (Å²) >= 11 is 0. The van der Waals surface area contributed by atoms with Crippen molar-refractivity contribution in [1.82, 2.24) is 0 Å². The first-order chi connectivity index (χ1) is 2.41. The molecule has 0 aliphatic rings. The standard InChI is InChI=1S/C4H11B.FH.K/c1-2-3-4-5;;/h2-5H2,1H3;1H;/q;;+1/p-1. The summed E-state index contributed by atoms with van der Waals surface area (Å²) in [6.07, 6.45) is 4.08. The van der Waals surface area contributed by atoms with Crippen LogP contribution < -0.4 is 56.1 Å². The summed E-state index contributed by atoms with van der Waals surface area (Å²) in [5.74, 6) is 0. The van der Waals surface area contributed by atoms with Crippen LogP contribution in [-0.4, -0.2) is 7.85 Å². The van der Waals surface area contributed by atoms with Crippen LogP contribution in [0.3, 0.4) is 0 Å². The summed E-state index contributed by atoms with van der Waals surface area (Å²) < 4.78 is 0. The maximum Gasteiger partial charge on any atom is 1.00 e. The molecule has 0 saturated heterocycles. The first-order valence-corrected chi connectivity index (χ1v) is 2.41. The van der Waals surface area contributed by atoms with Crippen LogP contribution in [0.4, 0.5) is 0 Å². The first kappa shape index (κ1) is 15.9. The molecule has 0 aliphatic carbocycles. The molecular weight excluding hydrogens is 117 g/mol. The zero-order chi connectivity index (χ0) is 4.12. The Labute approximate surface area is 88.6 Å². The largest absolute Gasteiger partial charge is 1.00 e. The molecule has 0 bridgehead atoms. The topological polar surface area (TPSA) is 0 Å². The molecule has 0 saturated carbocycles. The quantitative estimate of drug-likeness (QED) is 0.326. The zero-order valence-corrected chi connectivity index (χ0v) is 8.62. The molecule has 0 aliphatic heterocycles. The van der Waals surface area contributed by atoms with E-state index in [0.29, 0.717) is 0 Å². The van der Waals surface area contributed by atoms with Crippen molar-refractivity contribution in [3.05, 3.63) is 0 Å². The zero-order valence-electron chi connectivity index (χ0n) is 5.50. The molecule has 0 aromatic carbocycles. The van der Waals surface area contributed by atoms with Crippen LogP contribution in [0, 0.1) is 0 Å². The van der Waals surface area contributed by atoms with E-state index >= 15 is 0 Å². The average molecular weight is 128 g/mol. The Bertz CT molecular complexity index is 19.2. The van der Waals surface area contributed by atoms with Crippen molar-refractivity contribution in [2.45, 2.75) is 26.1 Å². The predicted molar refractivity (Wildman–Crippen MR) is 28.3 cm³/mol. The third-order valence-electron chi connectivity index (χ3n) is 0.707. The minimum Gasteiger partial charge on any atom is -1.00 e. The van der Waals surface area contributed by atoms with Gasteiger partial charge in [-0.2, -0.15) is 0 Å². The van der Waals surface area contributed by atoms with Crippen LogP contribution in [0.1, 0.15) is 19.8 Å². The van der Waals surface area contributed by atoms with E-state index in [4.69, 9.17) is 0 Å². The number of hydrogen-bond donors (Lipinski definition) is 0. The van der Waals surface area contributed by atoms with Gasteiger partial charge in [0.25, 0.3) is 0 Å². The molecule has 0 aromatic rings. The fraction of sp³-hybridized carbons (Fsp3) is 1.00. The van der Waals surface area contributed by atoms with E-state index in [1.54, 1.807) is 0 Å². The van der Waals surface area contributed by atoms with E-state index in [1.807, 2.05) is 0 Å². The summed E-state index contributed by atoms with van der Waals surface area (Å²) in [6, 6.07) is 0. The van der Waals surface area contributed by atoms with E-state index < -0.39 is 0 Å². The van der Waals surface area contributed by atoms with Gasteiger partial charge in [-0.15, -0.1) is 0 Å². The molecule has 0 aromatic heterocycles. The maximum atomic E-state index is 2.21. The normalized spacial score (nSPS) is 5.86. The van der Waals surface area contributed by atoms with Crippen molar-refractivity contribution in [3.63, 3.8) is 0 Å². The summed E-state index contributed by atoms with van der Waals surface area (Å²) in [5, 5.41) is 0. The van der Waals surface area contributed by atoms with E-state index in [1.165, 1.54) is 19.2 Å². The Kier molecular flexibility index (Phi) is 35.4. The third-order valence-corrected chi connectivity index (χ3v) is 0.707. The van der Waals surface area contributed by atoms with Crippen LogP contribution in [0.2, 0.25) is 6.32 Å². The second kappa shape index (κ2) is 15.6. The van der Waals surface area contributed by atoms with E-state index in [0.717, 1.165) is 0 Å². The molecule has 38 valence electrons. The van der Waals surface area contributed by atoms with Gasteiger partial charge >= 0.3 is 51.4 Å². The van der Waals surface area contributed by atoms with Crippen molar-refractivity contribution in [3.8, 4) is 0 Å². The maximum absolute atomic E-state index is 2.21. The van der Waals surface area contributed by atoms with Crippen LogP contribution in [-0.2, 0) is 0 Å². The van der Waals surface area contributed by atoms with Gasteiger partial charge in [-0.3, -0.25) is 0 Å². The summed E-state index contributed by atoms with van der Waals surface area (Å²) in [6.45, 7) is 2.21. The molecule has 0 atom stereocenters. The smallest absolute Gasteiger partial charge is 1.00 e. The molecule has 7 heavy (non-hydrogen) atoms. The molecule has 0 fully saturated rings. The third kappa shape index (κ3) is 18.4. The van der Waals surface area contributed by atoms with E-state index in [-0.39, 0.29) is 56.1 Å². The van der Waals surface area contributed by atoms with Gasteiger partial charge in [0.05, 0.1) is 0 Å². The molecule has 0 unspecified atom stereocenters. The minimum absolute atomic E-state index is 0. The predicted octanol–water partition coefficient (Wildman–Crippen LogP) is -5.15. The van der Waals surface area contributed by atoms with Crippen molar-refractivity contribution >= 4 is 7.85 Å². The number of halogens is 1. The second-order valence-corrected chi connectivity index (χ2v) is 1.35. The van der Waals surface area contributed by atoms with Crippen molar-refractivity contribution in [2.24, 2.45) is 0 Å². The van der Waals surface area contributed by atoms with Gasteiger partial charge in [0.15, 0.2) is 0 Å². The minimum atomic E-state index is 0. The first-order valence-electron chi connectivity index (χ1n) is 2.41. The Balaban J connectivity index is -0.0000000800. The summed E-state index contributed by atoms with van der Waals surface area (Å²) in [4.78, 5) is 0. The fourth-order valence-corrected chi connectivity index (χ4v) is 0.354. The van der Waals surface area contributed by atoms with Gasteiger partial charge in [-0.05, 0) is 0 Å². The van der Waals surface area contributed by atoms with E-state index in [2.05, 4.69) is 14.8 Å². The van der Waals surface area contributed by atoms with Crippen LogP contribution >= 0.6 is 0 Å². The molecule has 0 amide bonds. The van der Waals surface area contributed by atoms with Gasteiger partial charge < -0.3 is 4.70 Å². The van der Waals surface area contributed by atoms with Crippen LogP contribution in [0.5, 0.6) is 0 Å². The monoisotopic (exact) mass is 128 g/mol. The Morgan fingerprint density at radius 3 is 1.86 bits per heavy atom. The van der Waals surface area contributed by atoms with E-state index in [9.17, 15) is 0 Å². The Hall–Kier alpha value is 1.63. The van der Waals surface area contributed by atoms with Crippen molar-refractivity contribution in [2.75, 3.05) is 0 Å². The van der Waals surface area contributed by atoms with Crippen molar-refractivity contribution in [1.29, 1.82) is 0 Å². The average Bonchev–Trinajstić information content (AvgIpc) is 1.41. The molecule has 0 N–H and O–H groups in total. The SMILES string of the molecule is BCCCC.[F-].[K+]. The Morgan fingerprint density at radius 1 is 1.43 bits per heavy atom. The van der Waals surface area contributed by atoms with Gasteiger partial charge in [-0.1, -0.05) is 26.1 Å². The molecule has 3 heteroatoms. The fourth-order valence-electron chi connectivity index (χ4n) is 0.354. The van der Waals surface area contributed by atoms with Gasteiger partial charge in [0.1, 0.15) is 7.85 Å². The second-order valence-electron chi connectivity index (χ2n) is 1.35. The number of rotatable bonds is 2. The van der Waals surface area contributed by atoms with Crippen molar-refractivity contribution < 1.29 is 56.1 Å². The number of hydrogen-bond acceptors (Lipinski definition) is 0. The molecule has 0 rings (SSSR count). The molecule has 0 nitrogen and oxygen atoms in total. The van der Waals surface area contributed by atoms with Gasteiger partial charge in [-0.25, -0.2) is 0 Å². The molecule has 0 radical (unpaired) electrons. The number of unbranched alkanes of at least 4 members (excludes halogenated alkanes) is 1. The van der Waals surface area contributed by atoms with Crippen LogP contribution in [0.25, 0.3) is 0 Å².